The van der Waals surface area contributed by atoms with E-state index in [0.29, 0.717) is 43.7 Å². The van der Waals surface area contributed by atoms with Gasteiger partial charge in [0.25, 0.3) is 0 Å². The number of nitrogens with zero attached hydrogens (tertiary/aromatic N) is 4. The number of hydroxylamine groups is 2. The number of carbonyl (C=O) groups is 3. The van der Waals surface area contributed by atoms with Crippen LogP contribution in [0.3, 0.4) is 0 Å². The minimum absolute atomic E-state index is 0.0650. The Labute approximate surface area is 187 Å². The summed E-state index contributed by atoms with van der Waals surface area (Å²) < 4.78 is 44.1. The Balaban J connectivity index is 2.08. The number of hydrogen-bond donors (Lipinski definition) is 0. The fourth-order valence-corrected chi connectivity index (χ4v) is 3.97. The van der Waals surface area contributed by atoms with E-state index in [2.05, 4.69) is 15.1 Å². The standard InChI is InChI=1S/C19H25F3N4O5S/c1-3-30-17(28)6-4-5-8-26-15(11-23-24-26)10-14-12-25(31-18(29)19(20,21)22)9-7-16(14)32-13(2)27/h10-11,16H,3-9,12H2,1-2H3/b14-10+. The van der Waals surface area contributed by atoms with Crippen molar-refractivity contribution in [3.8, 4) is 0 Å². The van der Waals surface area contributed by atoms with E-state index in [1.165, 1.54) is 13.1 Å². The van der Waals surface area contributed by atoms with E-state index in [1.54, 1.807) is 17.7 Å². The van der Waals surface area contributed by atoms with E-state index in [4.69, 9.17) is 4.74 Å². The molecule has 0 aromatic carbocycles. The molecular weight excluding hydrogens is 453 g/mol. The second-order valence-electron chi connectivity index (χ2n) is 6.99. The summed E-state index contributed by atoms with van der Waals surface area (Å²) in [6, 6.07) is 0. The highest BCUT2D eigenvalue weighted by Crippen LogP contribution is 2.31. The first-order chi connectivity index (χ1) is 15.1. The number of esters is 1. The Morgan fingerprint density at radius 3 is 2.72 bits per heavy atom. The lowest BCUT2D eigenvalue weighted by Gasteiger charge is -2.32. The third kappa shape index (κ3) is 8.26. The van der Waals surface area contributed by atoms with Gasteiger partial charge in [0.1, 0.15) is 0 Å². The SMILES string of the molecule is CCOC(=O)CCCCn1nncc1/C=C1\CN(OC(=O)C(F)(F)F)CCC1SC(C)=O. The molecule has 1 unspecified atom stereocenters. The van der Waals surface area contributed by atoms with Gasteiger partial charge in [-0.05, 0) is 37.8 Å². The second kappa shape index (κ2) is 12.0. The molecule has 0 saturated carbocycles. The predicted molar refractivity (Wildman–Crippen MR) is 109 cm³/mol. The van der Waals surface area contributed by atoms with Crippen LogP contribution in [0.25, 0.3) is 6.08 Å². The van der Waals surface area contributed by atoms with Crippen molar-refractivity contribution in [1.29, 1.82) is 0 Å². The van der Waals surface area contributed by atoms with Gasteiger partial charge in [-0.1, -0.05) is 17.0 Å². The van der Waals surface area contributed by atoms with Crippen LogP contribution in [0.1, 0.15) is 45.2 Å². The number of carbonyl (C=O) groups excluding carboxylic acids is 3. The molecule has 0 amide bonds. The third-order valence-electron chi connectivity index (χ3n) is 4.45. The maximum atomic E-state index is 12.5. The summed E-state index contributed by atoms with van der Waals surface area (Å²) in [5.74, 6) is -2.56. The van der Waals surface area contributed by atoms with Gasteiger partial charge in [0.15, 0.2) is 5.12 Å². The smallest absolute Gasteiger partial charge is 0.466 e. The van der Waals surface area contributed by atoms with Crippen LogP contribution in [-0.4, -0.2) is 68.2 Å². The fourth-order valence-electron chi connectivity index (χ4n) is 3.06. The minimum atomic E-state index is -5.10. The van der Waals surface area contributed by atoms with Gasteiger partial charge in [-0.15, -0.1) is 10.2 Å². The predicted octanol–water partition coefficient (Wildman–Crippen LogP) is 2.77. The van der Waals surface area contributed by atoms with Crippen LogP contribution < -0.4 is 0 Å². The number of halogens is 3. The first-order valence-corrected chi connectivity index (χ1v) is 10.9. The topological polar surface area (TPSA) is 104 Å². The van der Waals surface area contributed by atoms with Crippen LogP contribution >= 0.6 is 11.8 Å². The van der Waals surface area contributed by atoms with Crippen molar-refractivity contribution >= 4 is 34.9 Å². The summed E-state index contributed by atoms with van der Waals surface area (Å²) in [7, 11) is 0. The van der Waals surface area contributed by atoms with Crippen molar-refractivity contribution in [1.82, 2.24) is 20.1 Å². The first-order valence-electron chi connectivity index (χ1n) is 10.1. The van der Waals surface area contributed by atoms with Crippen LogP contribution in [0, 0.1) is 0 Å². The van der Waals surface area contributed by atoms with E-state index in [0.717, 1.165) is 16.8 Å². The number of aromatic nitrogens is 3. The normalized spacial score (nSPS) is 18.5. The van der Waals surface area contributed by atoms with Crippen LogP contribution in [0.2, 0.25) is 0 Å². The molecule has 1 saturated heterocycles. The molecule has 0 N–H and O–H groups in total. The highest BCUT2D eigenvalue weighted by molar-refractivity contribution is 8.14. The number of ether oxygens (including phenoxy) is 1. The number of aryl methyl sites for hydroxylation is 1. The van der Waals surface area contributed by atoms with Crippen molar-refractivity contribution in [3.63, 3.8) is 0 Å². The van der Waals surface area contributed by atoms with Gasteiger partial charge in [0.2, 0.25) is 0 Å². The molecular formula is C19H25F3N4O5S. The molecule has 0 bridgehead atoms. The maximum Gasteiger partial charge on any atom is 0.492 e. The van der Waals surface area contributed by atoms with E-state index in [9.17, 15) is 27.6 Å². The zero-order valence-corrected chi connectivity index (χ0v) is 18.6. The van der Waals surface area contributed by atoms with E-state index in [-0.39, 0.29) is 35.8 Å². The van der Waals surface area contributed by atoms with Crippen molar-refractivity contribution in [2.24, 2.45) is 0 Å². The van der Waals surface area contributed by atoms with Gasteiger partial charge in [-0.3, -0.25) is 9.59 Å². The quantitative estimate of drug-likeness (QED) is 0.391. The molecule has 1 atom stereocenters. The van der Waals surface area contributed by atoms with Crippen LogP contribution in [-0.2, 0) is 30.5 Å². The summed E-state index contributed by atoms with van der Waals surface area (Å²) in [5.41, 5.74) is 1.20. The molecule has 0 spiro atoms. The molecule has 2 rings (SSSR count). The lowest BCUT2D eigenvalue weighted by molar-refractivity contribution is -0.238. The molecule has 1 fully saturated rings. The van der Waals surface area contributed by atoms with Crippen molar-refractivity contribution < 1.29 is 37.1 Å². The van der Waals surface area contributed by atoms with Gasteiger partial charge in [0, 0.05) is 31.7 Å². The summed E-state index contributed by atoms with van der Waals surface area (Å²) in [6.07, 6.45) is -0.0644. The van der Waals surface area contributed by atoms with Crippen molar-refractivity contribution in [3.05, 3.63) is 17.5 Å². The number of alkyl halides is 3. The summed E-state index contributed by atoms with van der Waals surface area (Å²) >= 11 is 1.07. The minimum Gasteiger partial charge on any atom is -0.466 e. The lowest BCUT2D eigenvalue weighted by Crippen LogP contribution is -2.41. The largest absolute Gasteiger partial charge is 0.492 e. The Kier molecular flexibility index (Phi) is 9.69. The number of unbranched alkanes of at least 4 members (excludes halogenated alkanes) is 1. The summed E-state index contributed by atoms with van der Waals surface area (Å²) in [6.45, 7) is 3.93. The zero-order valence-electron chi connectivity index (χ0n) is 17.8. The van der Waals surface area contributed by atoms with Gasteiger partial charge < -0.3 is 9.57 Å². The zero-order chi connectivity index (χ0) is 23.7. The van der Waals surface area contributed by atoms with Gasteiger partial charge in [0.05, 0.1) is 25.0 Å². The number of hydrogen-bond acceptors (Lipinski definition) is 9. The Hall–Kier alpha value is -2.41. The maximum absolute atomic E-state index is 12.5. The molecule has 13 heteroatoms. The molecule has 1 aromatic rings. The summed E-state index contributed by atoms with van der Waals surface area (Å²) in [5, 5.41) is 8.40. The van der Waals surface area contributed by atoms with Gasteiger partial charge >= 0.3 is 18.1 Å². The molecule has 9 nitrogen and oxygen atoms in total. The Morgan fingerprint density at radius 2 is 2.06 bits per heavy atom. The van der Waals surface area contributed by atoms with E-state index < -0.39 is 12.1 Å². The number of rotatable bonds is 9. The molecule has 2 heterocycles. The fraction of sp³-hybridized carbons (Fsp3) is 0.632. The molecule has 0 aliphatic carbocycles. The van der Waals surface area contributed by atoms with E-state index in [1.807, 2.05) is 0 Å². The molecule has 1 aromatic heterocycles. The highest BCUT2D eigenvalue weighted by atomic mass is 32.2. The number of thioether (sulfide) groups is 1. The summed E-state index contributed by atoms with van der Waals surface area (Å²) in [4.78, 5) is 38.7. The second-order valence-corrected chi connectivity index (χ2v) is 8.37. The highest BCUT2D eigenvalue weighted by Gasteiger charge is 2.43. The third-order valence-corrected chi connectivity index (χ3v) is 5.61. The molecule has 178 valence electrons. The van der Waals surface area contributed by atoms with Gasteiger partial charge in [-0.2, -0.15) is 13.2 Å². The number of piperidine rings is 1. The van der Waals surface area contributed by atoms with Crippen LogP contribution in [0.4, 0.5) is 13.2 Å². The lowest BCUT2D eigenvalue weighted by atomic mass is 10.0. The molecule has 32 heavy (non-hydrogen) atoms. The average molecular weight is 478 g/mol. The van der Waals surface area contributed by atoms with Crippen LogP contribution in [0.15, 0.2) is 11.8 Å². The first kappa shape index (κ1) is 25.8. The van der Waals surface area contributed by atoms with E-state index >= 15 is 0 Å². The monoisotopic (exact) mass is 478 g/mol. The average Bonchev–Trinajstić information content (AvgIpc) is 3.13. The van der Waals surface area contributed by atoms with Gasteiger partial charge in [-0.25, -0.2) is 9.48 Å². The molecule has 1 aliphatic rings. The molecule has 0 radical (unpaired) electrons. The van der Waals surface area contributed by atoms with Crippen LogP contribution in [0.5, 0.6) is 0 Å². The Bertz CT molecular complexity index is 843. The molecule has 1 aliphatic heterocycles. The van der Waals surface area contributed by atoms with Crippen molar-refractivity contribution in [2.75, 3.05) is 19.7 Å². The van der Waals surface area contributed by atoms with Crippen molar-refractivity contribution in [2.45, 2.75) is 57.5 Å². The Morgan fingerprint density at radius 1 is 1.31 bits per heavy atom.